The van der Waals surface area contributed by atoms with Crippen LogP contribution in [0, 0.1) is 0 Å². The van der Waals surface area contributed by atoms with Gasteiger partial charge in [-0.05, 0) is 18.2 Å². The van der Waals surface area contributed by atoms with Crippen LogP contribution in [0.25, 0.3) is 11.1 Å². The van der Waals surface area contributed by atoms with E-state index in [-0.39, 0.29) is 21.3 Å². The predicted molar refractivity (Wildman–Crippen MR) is 92.7 cm³/mol. The minimum atomic E-state index is -4.05. The lowest BCUT2D eigenvalue weighted by Crippen LogP contribution is -2.13. The Bertz CT molecular complexity index is 1080. The van der Waals surface area contributed by atoms with Crippen LogP contribution in [0.2, 0.25) is 5.15 Å². The van der Waals surface area contributed by atoms with Crippen molar-refractivity contribution in [2.45, 2.75) is 4.90 Å². The molecule has 0 aliphatic carbocycles. The summed E-state index contributed by atoms with van der Waals surface area (Å²) < 4.78 is 27.3. The number of nitrogens with zero attached hydrogens (tertiary/aromatic N) is 2. The second-order valence-corrected chi connectivity index (χ2v) is 7.18. The number of carboxylic acid groups (broad SMARTS) is 1. The molecule has 134 valence electrons. The topological polar surface area (TPSA) is 145 Å². The van der Waals surface area contributed by atoms with E-state index >= 15 is 0 Å². The first-order valence-electron chi connectivity index (χ1n) is 7.02. The Labute approximate surface area is 152 Å². The summed E-state index contributed by atoms with van der Waals surface area (Å²) in [6.45, 7) is 0. The monoisotopic (exact) mass is 394 g/mol. The van der Waals surface area contributed by atoms with E-state index in [0.29, 0.717) is 11.1 Å². The maximum atomic E-state index is 12.5. The summed E-state index contributed by atoms with van der Waals surface area (Å²) in [5.74, 6) is -1.89. The van der Waals surface area contributed by atoms with Gasteiger partial charge in [0.15, 0.2) is 0 Å². The van der Waals surface area contributed by atoms with Crippen molar-refractivity contribution in [3.05, 3.63) is 53.6 Å². The zero-order valence-electron chi connectivity index (χ0n) is 12.8. The number of pyridine rings is 1. The van der Waals surface area contributed by atoms with E-state index in [1.807, 2.05) is 0 Å². The first kappa shape index (κ1) is 17.7. The lowest BCUT2D eigenvalue weighted by atomic mass is 10.2. The highest BCUT2D eigenvalue weighted by Gasteiger charge is 2.19. The van der Waals surface area contributed by atoms with Crippen molar-refractivity contribution in [3.8, 4) is 16.9 Å². The molecule has 0 aliphatic rings. The third-order valence-electron chi connectivity index (χ3n) is 3.41. The zero-order valence-corrected chi connectivity index (χ0v) is 14.4. The molecule has 11 heteroatoms. The molecule has 2 heterocycles. The van der Waals surface area contributed by atoms with Gasteiger partial charge in [0.25, 0.3) is 10.0 Å². The number of phenols is 1. The van der Waals surface area contributed by atoms with Gasteiger partial charge in [-0.25, -0.2) is 18.2 Å². The van der Waals surface area contributed by atoms with Gasteiger partial charge < -0.3 is 10.2 Å². The molecule has 4 N–H and O–H groups in total. The first-order valence-corrected chi connectivity index (χ1v) is 8.88. The number of hydrogen-bond acceptors (Lipinski definition) is 6. The third-order valence-corrected chi connectivity index (χ3v) is 5.06. The standard InChI is InChI=1S/C15H11ClN4O5S/c16-14-12(8-5-18-19-6-8)4-10(7-17-14)26(24,25)20-9-1-2-11(15(22)23)13(21)3-9/h1-7,20-21H,(H,18,19)(H,22,23). The Kier molecular flexibility index (Phi) is 4.53. The van der Waals surface area contributed by atoms with E-state index in [1.165, 1.54) is 24.5 Å². The number of carbonyl (C=O) groups is 1. The molecular formula is C15H11ClN4O5S. The van der Waals surface area contributed by atoms with Crippen LogP contribution in [-0.2, 0) is 10.0 Å². The fourth-order valence-corrected chi connectivity index (χ4v) is 3.40. The lowest BCUT2D eigenvalue weighted by molar-refractivity contribution is 0.0694. The molecule has 0 saturated heterocycles. The molecule has 0 saturated carbocycles. The highest BCUT2D eigenvalue weighted by atomic mass is 35.5. The Morgan fingerprint density at radius 2 is 2.00 bits per heavy atom. The molecule has 0 radical (unpaired) electrons. The smallest absolute Gasteiger partial charge is 0.339 e. The average Bonchev–Trinajstić information content (AvgIpc) is 3.08. The van der Waals surface area contributed by atoms with Crippen molar-refractivity contribution in [1.29, 1.82) is 0 Å². The average molecular weight is 395 g/mol. The van der Waals surface area contributed by atoms with Crippen LogP contribution < -0.4 is 4.72 Å². The van der Waals surface area contributed by atoms with Crippen molar-refractivity contribution in [2.75, 3.05) is 4.72 Å². The molecule has 0 amide bonds. The van der Waals surface area contributed by atoms with Gasteiger partial charge in [0, 0.05) is 29.6 Å². The van der Waals surface area contributed by atoms with E-state index in [2.05, 4.69) is 19.9 Å². The molecular weight excluding hydrogens is 384 g/mol. The summed E-state index contributed by atoms with van der Waals surface area (Å²) in [5, 5.41) is 25.0. The van der Waals surface area contributed by atoms with Crippen LogP contribution in [0.1, 0.15) is 10.4 Å². The third kappa shape index (κ3) is 3.46. The number of H-pyrrole nitrogens is 1. The number of aromatic carboxylic acids is 1. The molecule has 0 spiro atoms. The molecule has 3 rings (SSSR count). The Hall–Kier alpha value is -3.11. The summed E-state index contributed by atoms with van der Waals surface area (Å²) >= 11 is 6.01. The van der Waals surface area contributed by atoms with E-state index in [0.717, 1.165) is 18.3 Å². The Morgan fingerprint density at radius 1 is 1.23 bits per heavy atom. The molecule has 2 aromatic heterocycles. The lowest BCUT2D eigenvalue weighted by Gasteiger charge is -2.10. The van der Waals surface area contributed by atoms with Crippen molar-refractivity contribution >= 4 is 33.3 Å². The molecule has 9 nitrogen and oxygen atoms in total. The fraction of sp³-hybridized carbons (Fsp3) is 0. The number of halogens is 1. The largest absolute Gasteiger partial charge is 0.507 e. The SMILES string of the molecule is O=C(O)c1ccc(NS(=O)(=O)c2cnc(Cl)c(-c3cn[nH]c3)c2)cc1O. The number of carboxylic acids is 1. The predicted octanol–water partition coefficient (Wildman–Crippen LogP) is 2.33. The molecule has 0 aliphatic heterocycles. The molecule has 0 atom stereocenters. The van der Waals surface area contributed by atoms with E-state index in [9.17, 15) is 18.3 Å². The number of benzene rings is 1. The van der Waals surface area contributed by atoms with Gasteiger partial charge in [0.05, 0.1) is 11.9 Å². The van der Waals surface area contributed by atoms with Crippen LogP contribution >= 0.6 is 11.6 Å². The van der Waals surface area contributed by atoms with Crippen LogP contribution in [0.15, 0.2) is 47.8 Å². The number of aromatic hydroxyl groups is 1. The number of anilines is 1. The number of aromatic amines is 1. The molecule has 1 aromatic carbocycles. The number of rotatable bonds is 5. The van der Waals surface area contributed by atoms with Crippen molar-refractivity contribution in [2.24, 2.45) is 0 Å². The second kappa shape index (κ2) is 6.65. The number of nitrogens with one attached hydrogen (secondary N) is 2. The van der Waals surface area contributed by atoms with Gasteiger partial charge >= 0.3 is 5.97 Å². The van der Waals surface area contributed by atoms with E-state index in [4.69, 9.17) is 16.7 Å². The normalized spacial score (nSPS) is 11.3. The molecule has 26 heavy (non-hydrogen) atoms. The first-order chi connectivity index (χ1) is 12.3. The fourth-order valence-electron chi connectivity index (χ4n) is 2.17. The minimum absolute atomic E-state index is 0.00712. The summed E-state index contributed by atoms with van der Waals surface area (Å²) in [7, 11) is -4.05. The van der Waals surface area contributed by atoms with Crippen molar-refractivity contribution < 1.29 is 23.4 Å². The van der Waals surface area contributed by atoms with Crippen LogP contribution in [-0.4, -0.2) is 39.8 Å². The van der Waals surface area contributed by atoms with Gasteiger partial charge in [-0.15, -0.1) is 0 Å². The van der Waals surface area contributed by atoms with Gasteiger partial charge in [-0.1, -0.05) is 11.6 Å². The second-order valence-electron chi connectivity index (χ2n) is 5.14. The molecule has 3 aromatic rings. The number of hydrogen-bond donors (Lipinski definition) is 4. The van der Waals surface area contributed by atoms with Crippen molar-refractivity contribution in [1.82, 2.24) is 15.2 Å². The summed E-state index contributed by atoms with van der Waals surface area (Å²) in [6.07, 6.45) is 4.09. The molecule has 0 bridgehead atoms. The molecule has 0 unspecified atom stereocenters. The van der Waals surface area contributed by atoms with Crippen LogP contribution in [0.3, 0.4) is 0 Å². The van der Waals surface area contributed by atoms with Gasteiger partial charge in [0.2, 0.25) is 0 Å². The van der Waals surface area contributed by atoms with Crippen LogP contribution in [0.4, 0.5) is 5.69 Å². The van der Waals surface area contributed by atoms with Crippen molar-refractivity contribution in [3.63, 3.8) is 0 Å². The highest BCUT2D eigenvalue weighted by molar-refractivity contribution is 7.92. The number of aromatic nitrogens is 3. The maximum absolute atomic E-state index is 12.5. The maximum Gasteiger partial charge on any atom is 0.339 e. The summed E-state index contributed by atoms with van der Waals surface area (Å²) in [4.78, 5) is 14.6. The van der Waals surface area contributed by atoms with Gasteiger partial charge in [0.1, 0.15) is 21.4 Å². The minimum Gasteiger partial charge on any atom is -0.507 e. The highest BCUT2D eigenvalue weighted by Crippen LogP contribution is 2.29. The summed E-state index contributed by atoms with van der Waals surface area (Å²) in [5.41, 5.74) is 0.575. The van der Waals surface area contributed by atoms with Gasteiger partial charge in [-0.3, -0.25) is 9.82 Å². The molecule has 0 fully saturated rings. The Morgan fingerprint density at radius 3 is 2.62 bits per heavy atom. The van der Waals surface area contributed by atoms with E-state index in [1.54, 1.807) is 0 Å². The van der Waals surface area contributed by atoms with Gasteiger partial charge in [-0.2, -0.15) is 5.10 Å². The quantitative estimate of drug-likeness (QED) is 0.486. The summed E-state index contributed by atoms with van der Waals surface area (Å²) in [6, 6.07) is 4.64. The zero-order chi connectivity index (χ0) is 18.9. The number of sulfonamides is 1. The van der Waals surface area contributed by atoms with Crippen LogP contribution in [0.5, 0.6) is 5.75 Å². The Balaban J connectivity index is 1.95. The van der Waals surface area contributed by atoms with E-state index < -0.39 is 21.7 Å².